The standard InChI is InChI=1S/C30H24Cl2N3OP/c1-22-33-29-19-25(17-18-30(29)35(22)26-15-9-4-10-16-26)34-37(36,20-27(31)23-11-5-2-6-12-23)21-28(32)24-13-7-3-8-14-24/h2-21H,1H3,(H,34,36)/b27-20-,28-21+. The number of rotatable bonds is 7. The van der Waals surface area contributed by atoms with E-state index in [9.17, 15) is 4.57 Å². The van der Waals surface area contributed by atoms with Gasteiger partial charge in [0.25, 0.3) is 0 Å². The van der Waals surface area contributed by atoms with Crippen LogP contribution in [-0.2, 0) is 4.57 Å². The van der Waals surface area contributed by atoms with Gasteiger partial charge in [0.1, 0.15) is 5.82 Å². The molecule has 1 N–H and O–H groups in total. The Balaban J connectivity index is 1.56. The predicted molar refractivity (Wildman–Crippen MR) is 158 cm³/mol. The summed E-state index contributed by atoms with van der Waals surface area (Å²) in [7, 11) is -3.40. The lowest BCUT2D eigenvalue weighted by atomic mass is 10.2. The van der Waals surface area contributed by atoms with Crippen molar-refractivity contribution in [1.82, 2.24) is 9.55 Å². The zero-order valence-corrected chi connectivity index (χ0v) is 22.5. The minimum absolute atomic E-state index is 0.371. The third-order valence-electron chi connectivity index (χ3n) is 5.85. The number of anilines is 1. The van der Waals surface area contributed by atoms with Gasteiger partial charge in [0.05, 0.1) is 21.1 Å². The fraction of sp³-hybridized carbons (Fsp3) is 0.0333. The molecule has 1 heterocycles. The first-order chi connectivity index (χ1) is 17.9. The molecule has 4 aromatic carbocycles. The van der Waals surface area contributed by atoms with Gasteiger partial charge < -0.3 is 5.09 Å². The van der Waals surface area contributed by atoms with E-state index in [4.69, 9.17) is 28.2 Å². The molecule has 0 spiro atoms. The minimum Gasteiger partial charge on any atom is -0.330 e. The topological polar surface area (TPSA) is 46.9 Å². The van der Waals surface area contributed by atoms with E-state index in [-0.39, 0.29) is 0 Å². The number of hydrogen-bond acceptors (Lipinski definition) is 2. The second-order valence-electron chi connectivity index (χ2n) is 8.54. The van der Waals surface area contributed by atoms with E-state index < -0.39 is 7.29 Å². The maximum absolute atomic E-state index is 14.3. The monoisotopic (exact) mass is 543 g/mol. The number of nitrogens with one attached hydrogen (secondary N) is 1. The first-order valence-electron chi connectivity index (χ1n) is 11.7. The number of halogens is 2. The molecule has 1 unspecified atom stereocenters. The molecule has 0 aliphatic rings. The molecule has 1 aromatic heterocycles. The lowest BCUT2D eigenvalue weighted by molar-refractivity contribution is 0.589. The van der Waals surface area contributed by atoms with Gasteiger partial charge in [-0.3, -0.25) is 9.13 Å². The third kappa shape index (κ3) is 5.73. The molecular weight excluding hydrogens is 520 g/mol. The lowest BCUT2D eigenvalue weighted by Crippen LogP contribution is -1.97. The molecule has 7 heteroatoms. The number of para-hydroxylation sites is 1. The van der Waals surface area contributed by atoms with Crippen molar-refractivity contribution in [3.05, 3.63) is 138 Å². The second-order valence-corrected chi connectivity index (χ2v) is 11.5. The molecule has 4 nitrogen and oxygen atoms in total. The highest BCUT2D eigenvalue weighted by Gasteiger charge is 2.20. The molecule has 0 aliphatic carbocycles. The summed E-state index contributed by atoms with van der Waals surface area (Å²) in [5.74, 6) is 3.96. The van der Waals surface area contributed by atoms with Gasteiger partial charge in [-0.25, -0.2) is 4.98 Å². The van der Waals surface area contributed by atoms with Crippen LogP contribution in [0.3, 0.4) is 0 Å². The summed E-state index contributed by atoms with van der Waals surface area (Å²) in [4.78, 5) is 4.75. The summed E-state index contributed by atoms with van der Waals surface area (Å²) in [6.45, 7) is 1.97. The number of hydrogen-bond donors (Lipinski definition) is 1. The number of benzene rings is 4. The first kappa shape index (κ1) is 25.1. The van der Waals surface area contributed by atoms with Crippen molar-refractivity contribution in [2.24, 2.45) is 0 Å². The van der Waals surface area contributed by atoms with Crippen LogP contribution >= 0.6 is 30.5 Å². The Bertz CT molecular complexity index is 1590. The summed E-state index contributed by atoms with van der Waals surface area (Å²) in [6, 6.07) is 34.7. The van der Waals surface area contributed by atoms with Crippen molar-refractivity contribution < 1.29 is 4.57 Å². The highest BCUT2D eigenvalue weighted by molar-refractivity contribution is 7.72. The Hall–Kier alpha value is -3.56. The Morgan fingerprint density at radius 2 is 1.30 bits per heavy atom. The van der Waals surface area contributed by atoms with E-state index in [2.05, 4.69) is 9.65 Å². The fourth-order valence-electron chi connectivity index (χ4n) is 4.16. The van der Waals surface area contributed by atoms with Gasteiger partial charge in [-0.15, -0.1) is 0 Å². The highest BCUT2D eigenvalue weighted by atomic mass is 35.5. The minimum atomic E-state index is -3.40. The van der Waals surface area contributed by atoms with Crippen molar-refractivity contribution in [1.29, 1.82) is 0 Å². The fourth-order valence-corrected chi connectivity index (χ4v) is 7.00. The van der Waals surface area contributed by atoms with Crippen LogP contribution in [0.1, 0.15) is 17.0 Å². The van der Waals surface area contributed by atoms with Crippen LogP contribution in [-0.4, -0.2) is 9.55 Å². The second kappa shape index (κ2) is 10.8. The van der Waals surface area contributed by atoms with Crippen LogP contribution in [0.5, 0.6) is 0 Å². The van der Waals surface area contributed by atoms with E-state index in [0.717, 1.165) is 33.7 Å². The van der Waals surface area contributed by atoms with Crippen LogP contribution < -0.4 is 5.09 Å². The third-order valence-corrected chi connectivity index (χ3v) is 8.70. The number of aryl methyl sites for hydroxylation is 1. The van der Waals surface area contributed by atoms with Gasteiger partial charge in [0.2, 0.25) is 7.29 Å². The van der Waals surface area contributed by atoms with Crippen molar-refractivity contribution in [3.8, 4) is 5.69 Å². The molecule has 0 radical (unpaired) electrons. The van der Waals surface area contributed by atoms with E-state index in [1.54, 1.807) is 11.6 Å². The van der Waals surface area contributed by atoms with Gasteiger partial charge >= 0.3 is 0 Å². The van der Waals surface area contributed by atoms with Crippen molar-refractivity contribution in [3.63, 3.8) is 0 Å². The molecule has 5 rings (SSSR count). The van der Waals surface area contributed by atoms with E-state index in [1.165, 1.54) is 0 Å². The quantitative estimate of drug-likeness (QED) is 0.208. The van der Waals surface area contributed by atoms with E-state index >= 15 is 0 Å². The van der Waals surface area contributed by atoms with Crippen molar-refractivity contribution in [2.75, 3.05) is 5.09 Å². The Morgan fingerprint density at radius 1 is 0.784 bits per heavy atom. The van der Waals surface area contributed by atoms with Gasteiger partial charge in [-0.05, 0) is 48.4 Å². The summed E-state index contributed by atoms with van der Waals surface area (Å²) in [5.41, 5.74) is 4.96. The first-order valence-corrected chi connectivity index (χ1v) is 14.3. The lowest BCUT2D eigenvalue weighted by Gasteiger charge is -2.16. The molecule has 0 fully saturated rings. The predicted octanol–water partition coefficient (Wildman–Crippen LogP) is 9.50. The number of fused-ring (bicyclic) bond motifs is 1. The summed E-state index contributed by atoms with van der Waals surface area (Å²) < 4.78 is 16.4. The van der Waals surface area contributed by atoms with Crippen LogP contribution in [0.25, 0.3) is 26.8 Å². The molecule has 0 saturated carbocycles. The number of nitrogens with zero attached hydrogens (tertiary/aromatic N) is 2. The Morgan fingerprint density at radius 3 is 1.84 bits per heavy atom. The smallest absolute Gasteiger partial charge is 0.216 e. The SMILES string of the molecule is Cc1nc2cc(NP(=O)(/C=C(\Cl)c3ccccc3)/C=C(/Cl)c3ccccc3)ccc2n1-c1ccccc1. The van der Waals surface area contributed by atoms with Gasteiger partial charge in [0, 0.05) is 23.0 Å². The maximum Gasteiger partial charge on any atom is 0.216 e. The average Bonchev–Trinajstić information content (AvgIpc) is 3.24. The molecule has 5 aromatic rings. The largest absolute Gasteiger partial charge is 0.330 e. The highest BCUT2D eigenvalue weighted by Crippen LogP contribution is 2.53. The summed E-state index contributed by atoms with van der Waals surface area (Å²) in [5, 5.41) is 3.94. The van der Waals surface area contributed by atoms with Gasteiger partial charge in [0.15, 0.2) is 0 Å². The number of aromatic nitrogens is 2. The Kier molecular flexibility index (Phi) is 7.34. The molecule has 0 amide bonds. The number of imidazole rings is 1. The zero-order chi connectivity index (χ0) is 25.8. The maximum atomic E-state index is 14.3. The van der Waals surface area contributed by atoms with Crippen LogP contribution in [0.15, 0.2) is 121 Å². The van der Waals surface area contributed by atoms with Crippen LogP contribution in [0.2, 0.25) is 0 Å². The van der Waals surface area contributed by atoms with Crippen LogP contribution in [0, 0.1) is 6.92 Å². The zero-order valence-electron chi connectivity index (χ0n) is 20.1. The molecule has 1 atom stereocenters. The van der Waals surface area contributed by atoms with E-state index in [1.807, 2.05) is 116 Å². The van der Waals surface area contributed by atoms with Crippen LogP contribution in [0.4, 0.5) is 5.69 Å². The molecule has 0 bridgehead atoms. The molecular formula is C30H24Cl2N3OP. The van der Waals surface area contributed by atoms with E-state index in [0.29, 0.717) is 15.8 Å². The normalized spacial score (nSPS) is 13.9. The summed E-state index contributed by atoms with van der Waals surface area (Å²) in [6.07, 6.45) is 0. The summed E-state index contributed by atoms with van der Waals surface area (Å²) >= 11 is 13.3. The van der Waals surface area contributed by atoms with Crippen molar-refractivity contribution >= 4 is 57.3 Å². The van der Waals surface area contributed by atoms with Crippen molar-refractivity contribution in [2.45, 2.75) is 6.92 Å². The Labute approximate surface area is 226 Å². The molecule has 0 aliphatic heterocycles. The molecule has 0 saturated heterocycles. The average molecular weight is 544 g/mol. The molecule has 37 heavy (non-hydrogen) atoms. The van der Waals surface area contributed by atoms with Gasteiger partial charge in [-0.2, -0.15) is 0 Å². The molecule has 184 valence electrons. The van der Waals surface area contributed by atoms with Gasteiger partial charge in [-0.1, -0.05) is 102 Å².